The second-order valence-electron chi connectivity index (χ2n) is 6.77. The van der Waals surface area contributed by atoms with E-state index in [0.717, 1.165) is 60.3 Å². The Labute approximate surface area is 167 Å². The van der Waals surface area contributed by atoms with Crippen molar-refractivity contribution >= 4 is 27.5 Å². The average Bonchev–Trinajstić information content (AvgIpc) is 2.66. The third-order valence-corrected chi connectivity index (χ3v) is 5.88. The van der Waals surface area contributed by atoms with E-state index in [9.17, 15) is 0 Å². The van der Waals surface area contributed by atoms with Gasteiger partial charge in [0.05, 0.1) is 0 Å². The summed E-state index contributed by atoms with van der Waals surface area (Å²) in [5, 5.41) is 0.795. The molecule has 0 aliphatic carbocycles. The van der Waals surface area contributed by atoms with Crippen LogP contribution in [0.4, 0.5) is 0 Å². The molecule has 0 bridgehead atoms. The van der Waals surface area contributed by atoms with Crippen molar-refractivity contribution in [3.05, 3.63) is 57.0 Å². The largest absolute Gasteiger partial charge is 0.486 e. The van der Waals surface area contributed by atoms with Crippen LogP contribution in [0.2, 0.25) is 5.02 Å². The van der Waals surface area contributed by atoms with Gasteiger partial charge in [-0.2, -0.15) is 0 Å². The number of halogens is 2. The number of hydrogen-bond acceptors (Lipinski definition) is 4. The van der Waals surface area contributed by atoms with E-state index in [4.69, 9.17) is 21.1 Å². The number of hydrogen-bond donors (Lipinski definition) is 0. The molecule has 0 amide bonds. The first-order valence-corrected chi connectivity index (χ1v) is 10.1. The van der Waals surface area contributed by atoms with Crippen LogP contribution in [-0.2, 0) is 13.1 Å². The van der Waals surface area contributed by atoms with Gasteiger partial charge >= 0.3 is 0 Å². The maximum atomic E-state index is 5.97. The molecule has 2 aromatic rings. The van der Waals surface area contributed by atoms with Gasteiger partial charge in [-0.3, -0.25) is 9.80 Å². The Morgan fingerprint density at radius 3 is 2.08 bits per heavy atom. The Morgan fingerprint density at radius 2 is 1.42 bits per heavy atom. The average molecular weight is 438 g/mol. The number of benzene rings is 2. The molecule has 1 fully saturated rings. The molecule has 0 saturated carbocycles. The van der Waals surface area contributed by atoms with Gasteiger partial charge in [0.1, 0.15) is 13.2 Å². The summed E-state index contributed by atoms with van der Waals surface area (Å²) in [4.78, 5) is 4.99. The number of ether oxygens (including phenoxy) is 2. The molecule has 2 heterocycles. The fourth-order valence-electron chi connectivity index (χ4n) is 3.42. The van der Waals surface area contributed by atoms with Gasteiger partial charge in [-0.1, -0.05) is 39.7 Å². The van der Waals surface area contributed by atoms with Crippen molar-refractivity contribution in [3.63, 3.8) is 0 Å². The smallest absolute Gasteiger partial charge is 0.162 e. The number of piperazine rings is 1. The van der Waals surface area contributed by atoms with Gasteiger partial charge in [-0.25, -0.2) is 0 Å². The third-order valence-electron chi connectivity index (χ3n) is 4.89. The van der Waals surface area contributed by atoms with E-state index in [-0.39, 0.29) is 0 Å². The predicted molar refractivity (Wildman–Crippen MR) is 107 cm³/mol. The highest BCUT2D eigenvalue weighted by Crippen LogP contribution is 2.36. The van der Waals surface area contributed by atoms with Gasteiger partial charge in [-0.05, 0) is 35.4 Å². The van der Waals surface area contributed by atoms with Gasteiger partial charge in [0.15, 0.2) is 11.5 Å². The molecule has 0 N–H and O–H groups in total. The number of nitrogens with zero attached hydrogens (tertiary/aromatic N) is 2. The van der Waals surface area contributed by atoms with Gasteiger partial charge in [-0.15, -0.1) is 0 Å². The Balaban J connectivity index is 1.33. The van der Waals surface area contributed by atoms with Crippen LogP contribution in [0, 0.1) is 0 Å². The molecule has 2 aliphatic heterocycles. The maximum Gasteiger partial charge on any atom is 0.162 e. The molecular formula is C20H22BrClN2O2. The molecular weight excluding hydrogens is 416 g/mol. The first kappa shape index (κ1) is 18.1. The summed E-state index contributed by atoms with van der Waals surface area (Å²) in [7, 11) is 0. The molecule has 0 aromatic heterocycles. The zero-order valence-electron chi connectivity index (χ0n) is 14.6. The first-order chi connectivity index (χ1) is 12.7. The zero-order valence-corrected chi connectivity index (χ0v) is 16.9. The van der Waals surface area contributed by atoms with Crippen molar-refractivity contribution in [2.24, 2.45) is 0 Å². The minimum absolute atomic E-state index is 0.619. The first-order valence-electron chi connectivity index (χ1n) is 8.94. The van der Waals surface area contributed by atoms with Crippen LogP contribution in [-0.4, -0.2) is 49.2 Å². The highest BCUT2D eigenvalue weighted by Gasteiger charge is 2.20. The Bertz CT molecular complexity index is 761. The molecule has 6 heteroatoms. The fourth-order valence-corrected chi connectivity index (χ4v) is 4.00. The quantitative estimate of drug-likeness (QED) is 0.716. The monoisotopic (exact) mass is 436 g/mol. The summed E-state index contributed by atoms with van der Waals surface area (Å²) < 4.78 is 12.5. The standard InChI is InChI=1S/C20H22BrClN2O2/c21-18-12-20-19(25-9-10-26-20)11-16(18)14-24-7-5-23(6-8-24)13-15-1-3-17(22)4-2-15/h1-4,11-12H,5-10,13-14H2. The molecule has 2 aromatic carbocycles. The molecule has 1 saturated heterocycles. The summed E-state index contributed by atoms with van der Waals surface area (Å²) in [5.74, 6) is 1.69. The minimum Gasteiger partial charge on any atom is -0.486 e. The molecule has 4 nitrogen and oxygen atoms in total. The van der Waals surface area contributed by atoms with Crippen molar-refractivity contribution in [2.75, 3.05) is 39.4 Å². The summed E-state index contributed by atoms with van der Waals surface area (Å²) in [6, 6.07) is 12.3. The van der Waals surface area contributed by atoms with E-state index in [0.29, 0.717) is 13.2 Å². The van der Waals surface area contributed by atoms with Crippen LogP contribution in [0.15, 0.2) is 40.9 Å². The Kier molecular flexibility index (Phi) is 5.69. The SMILES string of the molecule is Clc1ccc(CN2CCN(Cc3cc4c(cc3Br)OCCO4)CC2)cc1. The van der Waals surface area contributed by atoms with E-state index < -0.39 is 0 Å². The summed E-state index contributed by atoms with van der Waals surface area (Å²) in [6.45, 7) is 7.43. The molecule has 138 valence electrons. The minimum atomic E-state index is 0.619. The zero-order chi connectivity index (χ0) is 17.9. The lowest BCUT2D eigenvalue weighted by atomic mass is 10.1. The third kappa shape index (κ3) is 4.34. The van der Waals surface area contributed by atoms with E-state index >= 15 is 0 Å². The van der Waals surface area contributed by atoms with Crippen molar-refractivity contribution in [3.8, 4) is 11.5 Å². The molecule has 0 atom stereocenters. The summed E-state index contributed by atoms with van der Waals surface area (Å²) in [5.41, 5.74) is 2.57. The van der Waals surface area contributed by atoms with Crippen LogP contribution >= 0.6 is 27.5 Å². The fraction of sp³-hybridized carbons (Fsp3) is 0.400. The Hall–Kier alpha value is -1.27. The lowest BCUT2D eigenvalue weighted by Crippen LogP contribution is -2.45. The van der Waals surface area contributed by atoms with Gasteiger partial charge < -0.3 is 9.47 Å². The van der Waals surface area contributed by atoms with E-state index in [1.54, 1.807) is 0 Å². The topological polar surface area (TPSA) is 24.9 Å². The number of fused-ring (bicyclic) bond motifs is 1. The van der Waals surface area contributed by atoms with Gasteiger partial charge in [0.25, 0.3) is 0 Å². The maximum absolute atomic E-state index is 5.97. The Morgan fingerprint density at radius 1 is 0.846 bits per heavy atom. The normalized spacial score (nSPS) is 18.1. The predicted octanol–water partition coefficient (Wildman–Crippen LogP) is 4.19. The van der Waals surface area contributed by atoms with Crippen molar-refractivity contribution in [1.82, 2.24) is 9.80 Å². The lowest BCUT2D eigenvalue weighted by molar-refractivity contribution is 0.121. The molecule has 0 unspecified atom stereocenters. The molecule has 26 heavy (non-hydrogen) atoms. The molecule has 0 spiro atoms. The van der Waals surface area contributed by atoms with Crippen LogP contribution < -0.4 is 9.47 Å². The van der Waals surface area contributed by atoms with Crippen molar-refractivity contribution in [2.45, 2.75) is 13.1 Å². The molecule has 0 radical (unpaired) electrons. The van der Waals surface area contributed by atoms with Crippen LogP contribution in [0.5, 0.6) is 11.5 Å². The van der Waals surface area contributed by atoms with E-state index in [2.05, 4.69) is 43.9 Å². The molecule has 4 rings (SSSR count). The number of rotatable bonds is 4. The lowest BCUT2D eigenvalue weighted by Gasteiger charge is -2.35. The second-order valence-corrected chi connectivity index (χ2v) is 8.06. The van der Waals surface area contributed by atoms with E-state index in [1.165, 1.54) is 11.1 Å². The highest BCUT2D eigenvalue weighted by molar-refractivity contribution is 9.10. The van der Waals surface area contributed by atoms with E-state index in [1.807, 2.05) is 18.2 Å². The highest BCUT2D eigenvalue weighted by atomic mass is 79.9. The second kappa shape index (κ2) is 8.17. The molecule has 2 aliphatic rings. The van der Waals surface area contributed by atoms with Gasteiger partial charge in [0, 0.05) is 48.8 Å². The van der Waals surface area contributed by atoms with Crippen molar-refractivity contribution in [1.29, 1.82) is 0 Å². The van der Waals surface area contributed by atoms with Crippen LogP contribution in [0.25, 0.3) is 0 Å². The van der Waals surface area contributed by atoms with Gasteiger partial charge in [0.2, 0.25) is 0 Å². The van der Waals surface area contributed by atoms with Crippen LogP contribution in [0.1, 0.15) is 11.1 Å². The van der Waals surface area contributed by atoms with Crippen LogP contribution in [0.3, 0.4) is 0 Å². The summed E-state index contributed by atoms with van der Waals surface area (Å²) >= 11 is 9.65. The summed E-state index contributed by atoms with van der Waals surface area (Å²) in [6.07, 6.45) is 0. The van der Waals surface area contributed by atoms with Crippen molar-refractivity contribution < 1.29 is 9.47 Å².